The van der Waals surface area contributed by atoms with E-state index in [4.69, 9.17) is 11.6 Å². The van der Waals surface area contributed by atoms with Gasteiger partial charge in [0.15, 0.2) is 0 Å². The molecule has 0 aliphatic carbocycles. The van der Waals surface area contributed by atoms with Crippen molar-refractivity contribution in [2.75, 3.05) is 16.7 Å². The first-order valence-electron chi connectivity index (χ1n) is 6.96. The second-order valence-electron chi connectivity index (χ2n) is 5.49. The van der Waals surface area contributed by atoms with Gasteiger partial charge in [0.1, 0.15) is 0 Å². The first-order chi connectivity index (χ1) is 10.8. The standard InChI is InChI=1S/C16H15ClN2O3S/c1-10-3-4-12(17)9-15(10)23(21,22)18-13-5-6-14-11(7-13)8-16(20)19(14)2/h3-7,9,18H,8H2,1-2H3. The number of halogens is 1. The largest absolute Gasteiger partial charge is 0.315 e. The Morgan fingerprint density at radius 3 is 2.65 bits per heavy atom. The summed E-state index contributed by atoms with van der Waals surface area (Å²) in [5.41, 5.74) is 2.64. The summed E-state index contributed by atoms with van der Waals surface area (Å²) in [6.45, 7) is 1.71. The van der Waals surface area contributed by atoms with Crippen LogP contribution in [0.25, 0.3) is 0 Å². The zero-order valence-corrected chi connectivity index (χ0v) is 14.2. The second-order valence-corrected chi connectivity index (χ2v) is 7.58. The fourth-order valence-corrected chi connectivity index (χ4v) is 4.17. The Balaban J connectivity index is 1.95. The molecular formula is C16H15ClN2O3S. The highest BCUT2D eigenvalue weighted by Crippen LogP contribution is 2.31. The van der Waals surface area contributed by atoms with E-state index in [1.54, 1.807) is 49.2 Å². The molecule has 120 valence electrons. The summed E-state index contributed by atoms with van der Waals surface area (Å²) in [5, 5.41) is 0.358. The third-order valence-electron chi connectivity index (χ3n) is 3.85. The average Bonchev–Trinajstić information content (AvgIpc) is 2.75. The summed E-state index contributed by atoms with van der Waals surface area (Å²) < 4.78 is 27.7. The first-order valence-corrected chi connectivity index (χ1v) is 8.82. The van der Waals surface area contributed by atoms with Gasteiger partial charge in [-0.05, 0) is 48.4 Å². The van der Waals surface area contributed by atoms with Crippen molar-refractivity contribution in [2.24, 2.45) is 0 Å². The van der Waals surface area contributed by atoms with E-state index in [1.807, 2.05) is 0 Å². The number of aryl methyl sites for hydroxylation is 1. The third kappa shape index (κ3) is 2.92. The number of sulfonamides is 1. The van der Waals surface area contributed by atoms with Crippen LogP contribution in [-0.4, -0.2) is 21.4 Å². The highest BCUT2D eigenvalue weighted by atomic mass is 35.5. The molecule has 23 heavy (non-hydrogen) atoms. The van der Waals surface area contributed by atoms with Crippen molar-refractivity contribution in [1.82, 2.24) is 0 Å². The Bertz CT molecular complexity index is 910. The molecule has 0 saturated heterocycles. The van der Waals surface area contributed by atoms with E-state index in [0.29, 0.717) is 16.3 Å². The van der Waals surface area contributed by atoms with Gasteiger partial charge in [0.05, 0.1) is 11.3 Å². The number of fused-ring (bicyclic) bond motifs is 1. The van der Waals surface area contributed by atoms with Crippen LogP contribution in [0.3, 0.4) is 0 Å². The monoisotopic (exact) mass is 350 g/mol. The van der Waals surface area contributed by atoms with Crippen LogP contribution in [0.2, 0.25) is 5.02 Å². The highest BCUT2D eigenvalue weighted by molar-refractivity contribution is 7.92. The lowest BCUT2D eigenvalue weighted by atomic mass is 10.1. The minimum atomic E-state index is -3.74. The Kier molecular flexibility index (Phi) is 3.82. The fourth-order valence-electron chi connectivity index (χ4n) is 2.61. The Morgan fingerprint density at radius 1 is 1.17 bits per heavy atom. The molecule has 3 rings (SSSR count). The molecule has 2 aromatic carbocycles. The van der Waals surface area contributed by atoms with Crippen LogP contribution in [0.15, 0.2) is 41.3 Å². The topological polar surface area (TPSA) is 66.5 Å². The molecule has 1 heterocycles. The smallest absolute Gasteiger partial charge is 0.262 e. The highest BCUT2D eigenvalue weighted by Gasteiger charge is 2.25. The van der Waals surface area contributed by atoms with E-state index >= 15 is 0 Å². The molecule has 7 heteroatoms. The molecule has 1 amide bonds. The summed E-state index contributed by atoms with van der Waals surface area (Å²) in [6.07, 6.45) is 0.275. The molecule has 0 aromatic heterocycles. The Hall–Kier alpha value is -2.05. The number of amides is 1. The average molecular weight is 351 g/mol. The quantitative estimate of drug-likeness (QED) is 0.925. The Morgan fingerprint density at radius 2 is 1.91 bits per heavy atom. The normalized spacial score (nSPS) is 14.0. The van der Waals surface area contributed by atoms with Gasteiger partial charge in [0.2, 0.25) is 5.91 Å². The van der Waals surface area contributed by atoms with Gasteiger partial charge in [-0.1, -0.05) is 17.7 Å². The molecule has 2 aromatic rings. The van der Waals surface area contributed by atoms with E-state index in [1.165, 1.54) is 6.07 Å². The lowest BCUT2D eigenvalue weighted by Gasteiger charge is -2.13. The molecule has 0 saturated carbocycles. The number of nitrogens with zero attached hydrogens (tertiary/aromatic N) is 1. The number of likely N-dealkylation sites (N-methyl/N-ethyl adjacent to an activating group) is 1. The Labute approximate surface area is 139 Å². The number of anilines is 2. The third-order valence-corrected chi connectivity index (χ3v) is 5.61. The number of rotatable bonds is 3. The van der Waals surface area contributed by atoms with Crippen molar-refractivity contribution in [1.29, 1.82) is 0 Å². The van der Waals surface area contributed by atoms with Crippen molar-refractivity contribution >= 4 is 38.9 Å². The summed E-state index contributed by atoms with van der Waals surface area (Å²) in [4.78, 5) is 13.4. The molecule has 1 aliphatic heterocycles. The second kappa shape index (κ2) is 5.54. The maximum atomic E-state index is 12.6. The SMILES string of the molecule is Cc1ccc(Cl)cc1S(=O)(=O)Nc1ccc2c(c1)CC(=O)N2C. The van der Waals surface area contributed by atoms with Crippen LogP contribution in [0, 0.1) is 6.92 Å². The van der Waals surface area contributed by atoms with Crippen LogP contribution in [0.4, 0.5) is 11.4 Å². The van der Waals surface area contributed by atoms with Crippen molar-refractivity contribution in [3.8, 4) is 0 Å². The molecule has 0 fully saturated rings. The predicted molar refractivity (Wildman–Crippen MR) is 90.6 cm³/mol. The maximum Gasteiger partial charge on any atom is 0.262 e. The molecule has 1 aliphatic rings. The van der Waals surface area contributed by atoms with E-state index in [0.717, 1.165) is 11.3 Å². The minimum Gasteiger partial charge on any atom is -0.315 e. The molecule has 0 atom stereocenters. The van der Waals surface area contributed by atoms with Gasteiger partial charge in [-0.15, -0.1) is 0 Å². The van der Waals surface area contributed by atoms with Crippen LogP contribution >= 0.6 is 11.6 Å². The van der Waals surface area contributed by atoms with Gasteiger partial charge >= 0.3 is 0 Å². The first kappa shape index (κ1) is 15.8. The molecule has 5 nitrogen and oxygen atoms in total. The van der Waals surface area contributed by atoms with Crippen LogP contribution in [0.1, 0.15) is 11.1 Å². The van der Waals surface area contributed by atoms with E-state index in [2.05, 4.69) is 4.72 Å². The zero-order valence-electron chi connectivity index (χ0n) is 12.6. The van der Waals surface area contributed by atoms with Crippen LogP contribution in [0.5, 0.6) is 0 Å². The molecular weight excluding hydrogens is 336 g/mol. The van der Waals surface area contributed by atoms with Crippen molar-refractivity contribution in [3.63, 3.8) is 0 Å². The summed E-state index contributed by atoms with van der Waals surface area (Å²) in [5.74, 6) is -0.00862. The van der Waals surface area contributed by atoms with Gasteiger partial charge in [-0.3, -0.25) is 9.52 Å². The summed E-state index contributed by atoms with van der Waals surface area (Å²) >= 11 is 5.90. The molecule has 0 unspecified atom stereocenters. The number of hydrogen-bond donors (Lipinski definition) is 1. The van der Waals surface area contributed by atoms with Crippen molar-refractivity contribution < 1.29 is 13.2 Å². The fraction of sp³-hybridized carbons (Fsp3) is 0.188. The molecule has 0 radical (unpaired) electrons. The molecule has 0 bridgehead atoms. The number of nitrogens with one attached hydrogen (secondary N) is 1. The number of hydrogen-bond acceptors (Lipinski definition) is 3. The molecule has 1 N–H and O–H groups in total. The molecule has 0 spiro atoms. The van der Waals surface area contributed by atoms with Crippen molar-refractivity contribution in [2.45, 2.75) is 18.2 Å². The van der Waals surface area contributed by atoms with Gasteiger partial charge in [-0.2, -0.15) is 0 Å². The van der Waals surface area contributed by atoms with Gasteiger partial charge in [-0.25, -0.2) is 8.42 Å². The number of carbonyl (C=O) groups excluding carboxylic acids is 1. The van der Waals surface area contributed by atoms with Gasteiger partial charge in [0, 0.05) is 23.4 Å². The predicted octanol–water partition coefficient (Wildman–Crippen LogP) is 2.97. The minimum absolute atomic E-state index is 0.00862. The van der Waals surface area contributed by atoms with Gasteiger partial charge < -0.3 is 4.90 Å². The number of benzene rings is 2. The van der Waals surface area contributed by atoms with Crippen LogP contribution < -0.4 is 9.62 Å². The van der Waals surface area contributed by atoms with Crippen LogP contribution in [-0.2, 0) is 21.2 Å². The maximum absolute atomic E-state index is 12.6. The lowest BCUT2D eigenvalue weighted by molar-refractivity contribution is -0.117. The van der Waals surface area contributed by atoms with Gasteiger partial charge in [0.25, 0.3) is 10.0 Å². The van der Waals surface area contributed by atoms with Crippen molar-refractivity contribution in [3.05, 3.63) is 52.5 Å². The zero-order chi connectivity index (χ0) is 16.8. The lowest BCUT2D eigenvalue weighted by Crippen LogP contribution is -2.20. The summed E-state index contributed by atoms with van der Waals surface area (Å²) in [6, 6.07) is 9.80. The van der Waals surface area contributed by atoms with E-state index in [9.17, 15) is 13.2 Å². The van der Waals surface area contributed by atoms with E-state index < -0.39 is 10.0 Å². The number of carbonyl (C=O) groups is 1. The van der Waals surface area contributed by atoms with E-state index in [-0.39, 0.29) is 17.2 Å². The summed E-state index contributed by atoms with van der Waals surface area (Å²) in [7, 11) is -2.04.